The van der Waals surface area contributed by atoms with Crippen LogP contribution in [0.2, 0.25) is 5.02 Å². The zero-order chi connectivity index (χ0) is 11.2. The molecule has 0 unspecified atom stereocenters. The highest BCUT2D eigenvalue weighted by atomic mass is 35.5. The van der Waals surface area contributed by atoms with Crippen LogP contribution in [-0.4, -0.2) is 11.0 Å². The monoisotopic (exact) mass is 237 g/mol. The Kier molecular flexibility index (Phi) is 2.28. The second kappa shape index (κ2) is 3.55. The van der Waals surface area contributed by atoms with Crippen molar-refractivity contribution < 1.29 is 10.1 Å². The summed E-state index contributed by atoms with van der Waals surface area (Å²) in [5.41, 5.74) is 1.98. The zero-order valence-corrected chi connectivity index (χ0v) is 9.50. The highest BCUT2D eigenvalue weighted by molar-refractivity contribution is 6.30. The van der Waals surface area contributed by atoms with Crippen molar-refractivity contribution in [2.45, 2.75) is 31.3 Å². The summed E-state index contributed by atoms with van der Waals surface area (Å²) < 4.78 is 0. The average molecular weight is 238 g/mol. The molecule has 4 heteroatoms. The first-order valence-electron chi connectivity index (χ1n) is 5.47. The lowest BCUT2D eigenvalue weighted by molar-refractivity contribution is -0.308. The number of nitrogens with zero attached hydrogens (tertiary/aromatic N) is 1. The van der Waals surface area contributed by atoms with Crippen molar-refractivity contribution in [3.05, 3.63) is 28.8 Å². The standard InChI is InChI=1S/C12H12ClNO2/c13-8-4-5-10-9(7-8)12(16-15)6-2-1-3-11(12)14-10/h4-5,7,15H,1-3,6H2/t12-/m0/s1. The Hall–Kier alpha value is -0.900. The van der Waals surface area contributed by atoms with E-state index in [1.807, 2.05) is 18.2 Å². The molecule has 84 valence electrons. The van der Waals surface area contributed by atoms with Crippen molar-refractivity contribution in [2.75, 3.05) is 0 Å². The fourth-order valence-corrected chi connectivity index (χ4v) is 2.84. The lowest BCUT2D eigenvalue weighted by Gasteiger charge is -2.32. The number of benzene rings is 1. The molecule has 0 radical (unpaired) electrons. The average Bonchev–Trinajstić information content (AvgIpc) is 2.64. The third-order valence-corrected chi connectivity index (χ3v) is 3.70. The summed E-state index contributed by atoms with van der Waals surface area (Å²) in [4.78, 5) is 9.33. The van der Waals surface area contributed by atoms with Crippen molar-refractivity contribution >= 4 is 23.0 Å². The van der Waals surface area contributed by atoms with Gasteiger partial charge in [-0.3, -0.25) is 10.2 Å². The van der Waals surface area contributed by atoms with Crippen LogP contribution in [0.4, 0.5) is 5.69 Å². The second-order valence-electron chi connectivity index (χ2n) is 4.35. The Labute approximate surface area is 98.6 Å². The molecule has 2 aliphatic rings. The molecule has 3 nitrogen and oxygen atoms in total. The highest BCUT2D eigenvalue weighted by Gasteiger charge is 2.46. The minimum absolute atomic E-state index is 0.650. The van der Waals surface area contributed by atoms with E-state index in [9.17, 15) is 5.26 Å². The van der Waals surface area contributed by atoms with E-state index in [0.717, 1.165) is 42.6 Å². The predicted octanol–water partition coefficient (Wildman–Crippen LogP) is 3.69. The van der Waals surface area contributed by atoms with Crippen LogP contribution in [0.15, 0.2) is 23.2 Å². The number of rotatable bonds is 1. The van der Waals surface area contributed by atoms with Gasteiger partial charge < -0.3 is 0 Å². The summed E-state index contributed by atoms with van der Waals surface area (Å²) in [6, 6.07) is 5.53. The Morgan fingerprint density at radius 1 is 1.38 bits per heavy atom. The fourth-order valence-electron chi connectivity index (χ4n) is 2.67. The summed E-state index contributed by atoms with van der Waals surface area (Å²) in [7, 11) is 0. The van der Waals surface area contributed by atoms with Crippen LogP contribution in [0.1, 0.15) is 31.2 Å². The lowest BCUT2D eigenvalue weighted by Crippen LogP contribution is -2.38. The quantitative estimate of drug-likeness (QED) is 0.598. The summed E-state index contributed by atoms with van der Waals surface area (Å²) in [6.45, 7) is 0. The van der Waals surface area contributed by atoms with Crippen molar-refractivity contribution in [1.82, 2.24) is 0 Å². The maximum absolute atomic E-state index is 9.27. The number of hydrogen-bond acceptors (Lipinski definition) is 3. The highest BCUT2D eigenvalue weighted by Crippen LogP contribution is 2.48. The third kappa shape index (κ3) is 1.25. The fraction of sp³-hybridized carbons (Fsp3) is 0.417. The number of fused-ring (bicyclic) bond motifs is 3. The van der Waals surface area contributed by atoms with Gasteiger partial charge in [-0.1, -0.05) is 11.6 Å². The molecule has 1 aliphatic carbocycles. The van der Waals surface area contributed by atoms with Crippen LogP contribution in [0, 0.1) is 0 Å². The van der Waals surface area contributed by atoms with Crippen LogP contribution in [0.3, 0.4) is 0 Å². The number of aliphatic imine (C=N–C) groups is 1. The molecule has 0 spiro atoms. The van der Waals surface area contributed by atoms with Gasteiger partial charge in [-0.15, -0.1) is 0 Å². The minimum atomic E-state index is -0.724. The van der Waals surface area contributed by atoms with Crippen molar-refractivity contribution in [3.8, 4) is 0 Å². The van der Waals surface area contributed by atoms with Crippen molar-refractivity contribution in [1.29, 1.82) is 0 Å². The van der Waals surface area contributed by atoms with Gasteiger partial charge in [0, 0.05) is 10.6 Å². The molecule has 0 amide bonds. The first-order valence-corrected chi connectivity index (χ1v) is 5.85. The van der Waals surface area contributed by atoms with Gasteiger partial charge in [0.15, 0.2) is 5.60 Å². The maximum Gasteiger partial charge on any atom is 0.168 e. The van der Waals surface area contributed by atoms with E-state index < -0.39 is 5.60 Å². The van der Waals surface area contributed by atoms with Gasteiger partial charge in [0.1, 0.15) is 0 Å². The van der Waals surface area contributed by atoms with Crippen LogP contribution in [0.25, 0.3) is 0 Å². The molecule has 1 aromatic rings. The summed E-state index contributed by atoms with van der Waals surface area (Å²) in [6.07, 6.45) is 3.79. The van der Waals surface area contributed by atoms with Gasteiger partial charge in [0.25, 0.3) is 0 Å². The molecular formula is C12H12ClNO2. The molecule has 0 bridgehead atoms. The second-order valence-corrected chi connectivity index (χ2v) is 4.78. The topological polar surface area (TPSA) is 41.8 Å². The Balaban J connectivity index is 2.18. The summed E-state index contributed by atoms with van der Waals surface area (Å²) in [5, 5.41) is 9.92. The van der Waals surface area contributed by atoms with E-state index in [4.69, 9.17) is 16.5 Å². The Bertz CT molecular complexity index is 472. The van der Waals surface area contributed by atoms with Gasteiger partial charge in [-0.05, 0) is 43.9 Å². The molecular weight excluding hydrogens is 226 g/mol. The minimum Gasteiger partial charge on any atom is -0.254 e. The molecule has 1 heterocycles. The molecule has 1 N–H and O–H groups in total. The van der Waals surface area contributed by atoms with Crippen molar-refractivity contribution in [2.24, 2.45) is 4.99 Å². The maximum atomic E-state index is 9.27. The molecule has 1 aliphatic heterocycles. The third-order valence-electron chi connectivity index (χ3n) is 3.46. The van der Waals surface area contributed by atoms with Crippen LogP contribution in [-0.2, 0) is 10.5 Å². The summed E-state index contributed by atoms with van der Waals surface area (Å²) in [5.74, 6) is 0. The molecule has 0 aromatic heterocycles. The van der Waals surface area contributed by atoms with Crippen LogP contribution < -0.4 is 0 Å². The van der Waals surface area contributed by atoms with E-state index in [2.05, 4.69) is 4.99 Å². The first kappa shape index (κ1) is 10.3. The van der Waals surface area contributed by atoms with Crippen molar-refractivity contribution in [3.63, 3.8) is 0 Å². The van der Waals surface area contributed by atoms with E-state index in [1.165, 1.54) is 0 Å². The summed E-state index contributed by atoms with van der Waals surface area (Å²) >= 11 is 5.99. The smallest absolute Gasteiger partial charge is 0.168 e. The first-order chi connectivity index (χ1) is 7.76. The molecule has 1 fully saturated rings. The molecule has 3 rings (SSSR count). The van der Waals surface area contributed by atoms with Gasteiger partial charge in [-0.25, -0.2) is 4.89 Å². The van der Waals surface area contributed by atoms with E-state index in [1.54, 1.807) is 0 Å². The number of halogens is 1. The SMILES string of the molecule is OO[C@]12CCCCC1=Nc1ccc(Cl)cc12. The predicted molar refractivity (Wildman–Crippen MR) is 62.4 cm³/mol. The molecule has 0 saturated heterocycles. The van der Waals surface area contributed by atoms with E-state index in [0.29, 0.717) is 5.02 Å². The molecule has 16 heavy (non-hydrogen) atoms. The van der Waals surface area contributed by atoms with E-state index in [-0.39, 0.29) is 0 Å². The molecule has 1 aromatic carbocycles. The lowest BCUT2D eigenvalue weighted by atomic mass is 9.79. The van der Waals surface area contributed by atoms with E-state index >= 15 is 0 Å². The van der Waals surface area contributed by atoms with Gasteiger partial charge in [-0.2, -0.15) is 0 Å². The molecule has 1 saturated carbocycles. The van der Waals surface area contributed by atoms with Gasteiger partial charge >= 0.3 is 0 Å². The van der Waals surface area contributed by atoms with Crippen LogP contribution in [0.5, 0.6) is 0 Å². The largest absolute Gasteiger partial charge is 0.254 e. The van der Waals surface area contributed by atoms with Crippen LogP contribution >= 0.6 is 11.6 Å². The Morgan fingerprint density at radius 2 is 2.25 bits per heavy atom. The molecule has 1 atom stereocenters. The Morgan fingerprint density at radius 3 is 3.06 bits per heavy atom. The normalized spacial score (nSPS) is 27.2. The van der Waals surface area contributed by atoms with Gasteiger partial charge in [0.05, 0.1) is 11.4 Å². The zero-order valence-electron chi connectivity index (χ0n) is 8.74. The number of hydrogen-bond donors (Lipinski definition) is 1. The van der Waals surface area contributed by atoms with Gasteiger partial charge in [0.2, 0.25) is 0 Å².